The zero-order valence-electron chi connectivity index (χ0n) is 14.7. The molecule has 0 saturated carbocycles. The Hall–Kier alpha value is -4.14. The molecule has 0 atom stereocenters. The molecular formula is C19H15N5O4. The van der Waals surface area contributed by atoms with Gasteiger partial charge in [-0.05, 0) is 42.5 Å². The maximum absolute atomic E-state index is 12.6. The van der Waals surface area contributed by atoms with Gasteiger partial charge in [0.2, 0.25) is 0 Å². The van der Waals surface area contributed by atoms with Crippen LogP contribution in [-0.2, 0) is 0 Å². The molecule has 9 nitrogen and oxygen atoms in total. The van der Waals surface area contributed by atoms with E-state index >= 15 is 0 Å². The van der Waals surface area contributed by atoms with E-state index in [1.54, 1.807) is 48.5 Å². The molecular weight excluding hydrogens is 362 g/mol. The second-order valence-corrected chi connectivity index (χ2v) is 5.83. The summed E-state index contributed by atoms with van der Waals surface area (Å²) >= 11 is 0. The molecule has 2 aromatic heterocycles. The standard InChI is InChI=1S/C19H15N5O4/c1-27-17-10-15-14(22-24-23-15)9-13(17)18(25)20-11-4-6-12(7-5-11)21-19(26)16-3-2-8-28-16/h2-10H,1H3,(H,20,25)(H,21,26)(H,22,23,24). The molecule has 0 aliphatic heterocycles. The Bertz CT molecular complexity index is 1130. The molecule has 4 rings (SSSR count). The average Bonchev–Trinajstić information content (AvgIpc) is 3.40. The number of anilines is 2. The van der Waals surface area contributed by atoms with Crippen molar-refractivity contribution in [2.24, 2.45) is 0 Å². The molecule has 0 fully saturated rings. The Morgan fingerprint density at radius 2 is 1.61 bits per heavy atom. The number of ether oxygens (including phenoxy) is 1. The van der Waals surface area contributed by atoms with Crippen LogP contribution in [0.1, 0.15) is 20.9 Å². The number of aromatic amines is 1. The Morgan fingerprint density at radius 3 is 2.21 bits per heavy atom. The summed E-state index contributed by atoms with van der Waals surface area (Å²) in [6, 6.07) is 13.2. The van der Waals surface area contributed by atoms with Crippen LogP contribution in [0.2, 0.25) is 0 Å². The summed E-state index contributed by atoms with van der Waals surface area (Å²) in [5, 5.41) is 16.0. The van der Waals surface area contributed by atoms with E-state index in [1.807, 2.05) is 0 Å². The Morgan fingerprint density at radius 1 is 0.964 bits per heavy atom. The quantitative estimate of drug-likeness (QED) is 0.491. The zero-order chi connectivity index (χ0) is 19.5. The number of rotatable bonds is 5. The van der Waals surface area contributed by atoms with Crippen molar-refractivity contribution in [3.63, 3.8) is 0 Å². The second-order valence-electron chi connectivity index (χ2n) is 5.83. The number of fused-ring (bicyclic) bond motifs is 1. The minimum atomic E-state index is -0.354. The number of H-pyrrole nitrogens is 1. The molecule has 0 aliphatic carbocycles. The number of furan rings is 1. The normalized spacial score (nSPS) is 10.6. The lowest BCUT2D eigenvalue weighted by atomic mass is 10.1. The number of benzene rings is 2. The third kappa shape index (κ3) is 3.40. The summed E-state index contributed by atoms with van der Waals surface area (Å²) in [6.07, 6.45) is 1.43. The van der Waals surface area contributed by atoms with Crippen LogP contribution < -0.4 is 15.4 Å². The van der Waals surface area contributed by atoms with E-state index in [2.05, 4.69) is 26.0 Å². The number of nitrogens with zero attached hydrogens (tertiary/aromatic N) is 2. The summed E-state index contributed by atoms with van der Waals surface area (Å²) < 4.78 is 10.3. The molecule has 2 amide bonds. The number of hydrogen-bond donors (Lipinski definition) is 3. The third-order valence-corrected chi connectivity index (χ3v) is 4.03. The molecule has 4 aromatic rings. The first-order valence-corrected chi connectivity index (χ1v) is 8.29. The molecule has 9 heteroatoms. The zero-order valence-corrected chi connectivity index (χ0v) is 14.7. The van der Waals surface area contributed by atoms with Gasteiger partial charge in [-0.25, -0.2) is 0 Å². The minimum absolute atomic E-state index is 0.215. The number of carbonyl (C=O) groups excluding carboxylic acids is 2. The van der Waals surface area contributed by atoms with Gasteiger partial charge in [-0.3, -0.25) is 9.59 Å². The van der Waals surface area contributed by atoms with E-state index in [1.165, 1.54) is 13.4 Å². The predicted molar refractivity (Wildman–Crippen MR) is 101 cm³/mol. The van der Waals surface area contributed by atoms with Gasteiger partial charge in [-0.15, -0.1) is 0 Å². The first kappa shape index (κ1) is 17.3. The third-order valence-electron chi connectivity index (χ3n) is 4.03. The molecule has 2 aromatic carbocycles. The van der Waals surface area contributed by atoms with Crippen molar-refractivity contribution in [1.82, 2.24) is 15.4 Å². The van der Waals surface area contributed by atoms with Gasteiger partial charge in [0.25, 0.3) is 11.8 Å². The summed E-state index contributed by atoms with van der Waals surface area (Å²) in [7, 11) is 1.48. The van der Waals surface area contributed by atoms with Gasteiger partial charge >= 0.3 is 0 Å². The van der Waals surface area contributed by atoms with E-state index in [9.17, 15) is 9.59 Å². The molecule has 0 unspecified atom stereocenters. The number of aromatic nitrogens is 3. The maximum Gasteiger partial charge on any atom is 0.291 e. The lowest BCUT2D eigenvalue weighted by Gasteiger charge is -2.10. The van der Waals surface area contributed by atoms with Crippen LogP contribution in [0.25, 0.3) is 11.0 Å². The van der Waals surface area contributed by atoms with Gasteiger partial charge in [0.1, 0.15) is 16.8 Å². The topological polar surface area (TPSA) is 122 Å². The number of carbonyl (C=O) groups is 2. The van der Waals surface area contributed by atoms with E-state index in [4.69, 9.17) is 9.15 Å². The van der Waals surface area contributed by atoms with Crippen molar-refractivity contribution < 1.29 is 18.7 Å². The first-order valence-electron chi connectivity index (χ1n) is 8.29. The highest BCUT2D eigenvalue weighted by atomic mass is 16.5. The number of nitrogens with one attached hydrogen (secondary N) is 3. The molecule has 0 radical (unpaired) electrons. The molecule has 140 valence electrons. The molecule has 28 heavy (non-hydrogen) atoms. The highest BCUT2D eigenvalue weighted by Crippen LogP contribution is 2.25. The Labute approximate surface area is 158 Å². The van der Waals surface area contributed by atoms with Gasteiger partial charge in [0, 0.05) is 17.4 Å². The van der Waals surface area contributed by atoms with Crippen molar-refractivity contribution in [2.45, 2.75) is 0 Å². The van der Waals surface area contributed by atoms with Crippen LogP contribution in [-0.4, -0.2) is 34.3 Å². The SMILES string of the molecule is COc1cc2n[nH]nc2cc1C(=O)Nc1ccc(NC(=O)c2ccco2)cc1. The average molecular weight is 377 g/mol. The highest BCUT2D eigenvalue weighted by Gasteiger charge is 2.16. The molecule has 0 bridgehead atoms. The Kier molecular flexibility index (Phi) is 4.47. The molecule has 2 heterocycles. The summed E-state index contributed by atoms with van der Waals surface area (Å²) in [6.45, 7) is 0. The van der Waals surface area contributed by atoms with Gasteiger partial charge < -0.3 is 19.8 Å². The van der Waals surface area contributed by atoms with E-state index in [0.29, 0.717) is 33.7 Å². The fraction of sp³-hybridized carbons (Fsp3) is 0.0526. The lowest BCUT2D eigenvalue weighted by Crippen LogP contribution is -2.14. The largest absolute Gasteiger partial charge is 0.496 e. The number of methoxy groups -OCH3 is 1. The van der Waals surface area contributed by atoms with Crippen molar-refractivity contribution in [3.05, 3.63) is 66.1 Å². The van der Waals surface area contributed by atoms with Gasteiger partial charge in [-0.2, -0.15) is 15.4 Å². The summed E-state index contributed by atoms with van der Waals surface area (Å²) in [4.78, 5) is 24.6. The van der Waals surface area contributed by atoms with Crippen LogP contribution in [0.4, 0.5) is 11.4 Å². The van der Waals surface area contributed by atoms with Crippen LogP contribution >= 0.6 is 0 Å². The van der Waals surface area contributed by atoms with Crippen molar-refractivity contribution in [3.8, 4) is 5.75 Å². The minimum Gasteiger partial charge on any atom is -0.496 e. The monoisotopic (exact) mass is 377 g/mol. The van der Waals surface area contributed by atoms with Crippen LogP contribution in [0.5, 0.6) is 5.75 Å². The number of amides is 2. The molecule has 0 saturated heterocycles. The van der Waals surface area contributed by atoms with Crippen molar-refractivity contribution in [2.75, 3.05) is 17.7 Å². The van der Waals surface area contributed by atoms with Gasteiger partial charge in [-0.1, -0.05) is 0 Å². The fourth-order valence-corrected chi connectivity index (χ4v) is 2.65. The van der Waals surface area contributed by atoms with Gasteiger partial charge in [0.05, 0.1) is 18.9 Å². The first-order chi connectivity index (χ1) is 13.6. The van der Waals surface area contributed by atoms with Crippen LogP contribution in [0.3, 0.4) is 0 Å². The highest BCUT2D eigenvalue weighted by molar-refractivity contribution is 6.08. The summed E-state index contributed by atoms with van der Waals surface area (Å²) in [5.41, 5.74) is 2.62. The smallest absolute Gasteiger partial charge is 0.291 e. The van der Waals surface area contributed by atoms with E-state index < -0.39 is 0 Å². The van der Waals surface area contributed by atoms with E-state index in [0.717, 1.165) is 0 Å². The summed E-state index contributed by atoms with van der Waals surface area (Å²) in [5.74, 6) is -0.101. The molecule has 0 spiro atoms. The van der Waals surface area contributed by atoms with Crippen LogP contribution in [0.15, 0.2) is 59.2 Å². The van der Waals surface area contributed by atoms with E-state index in [-0.39, 0.29) is 17.6 Å². The van der Waals surface area contributed by atoms with Crippen molar-refractivity contribution >= 4 is 34.2 Å². The van der Waals surface area contributed by atoms with Crippen molar-refractivity contribution in [1.29, 1.82) is 0 Å². The predicted octanol–water partition coefficient (Wildman–Crippen LogP) is 3.06. The molecule has 3 N–H and O–H groups in total. The Balaban J connectivity index is 1.48. The second kappa shape index (κ2) is 7.23. The van der Waals surface area contributed by atoms with Crippen LogP contribution in [0, 0.1) is 0 Å². The van der Waals surface area contributed by atoms with Gasteiger partial charge in [0.15, 0.2) is 5.76 Å². The number of hydrogen-bond acceptors (Lipinski definition) is 6. The maximum atomic E-state index is 12.6. The fourth-order valence-electron chi connectivity index (χ4n) is 2.65. The molecule has 0 aliphatic rings. The lowest BCUT2D eigenvalue weighted by molar-refractivity contribution is 0.0994.